The van der Waals surface area contributed by atoms with Gasteiger partial charge in [-0.05, 0) is 24.3 Å². The van der Waals surface area contributed by atoms with Crippen LogP contribution >= 0.6 is 0 Å². The maximum absolute atomic E-state index is 11.3. The van der Waals surface area contributed by atoms with Crippen LogP contribution in [-0.4, -0.2) is 38.2 Å². The van der Waals surface area contributed by atoms with E-state index in [9.17, 15) is 4.79 Å². The number of nitrogens with zero attached hydrogens (tertiary/aromatic N) is 4. The number of aromatic nitrogens is 4. The van der Waals surface area contributed by atoms with Crippen molar-refractivity contribution in [1.29, 1.82) is 0 Å². The fourth-order valence-electron chi connectivity index (χ4n) is 0.782. The fraction of sp³-hybridized carbons (Fsp3) is 0.714. The van der Waals surface area contributed by atoms with Gasteiger partial charge < -0.3 is 11.1 Å². The second-order valence-corrected chi connectivity index (χ2v) is 3.77. The molecule has 1 heterocycles. The number of amides is 1. The standard InChI is InChI=1S/C7H14N6O/c1-7(2,8)4-9-6(14)3-13-5-10-11-12-13/h5H,3-4,8H2,1-2H3,(H,9,14). The molecule has 1 aromatic heterocycles. The molecule has 0 bridgehead atoms. The summed E-state index contributed by atoms with van der Waals surface area (Å²) < 4.78 is 1.35. The number of nitrogens with two attached hydrogens (primary N) is 1. The van der Waals surface area contributed by atoms with Gasteiger partial charge in [-0.3, -0.25) is 4.79 Å². The van der Waals surface area contributed by atoms with E-state index in [4.69, 9.17) is 5.73 Å². The largest absolute Gasteiger partial charge is 0.353 e. The van der Waals surface area contributed by atoms with E-state index in [1.807, 2.05) is 13.8 Å². The third-order valence-electron chi connectivity index (χ3n) is 1.44. The zero-order valence-electron chi connectivity index (χ0n) is 8.27. The molecule has 0 atom stereocenters. The predicted octanol–water partition coefficient (Wildman–Crippen LogP) is -1.47. The number of rotatable bonds is 4. The molecular weight excluding hydrogens is 184 g/mol. The summed E-state index contributed by atoms with van der Waals surface area (Å²) in [5, 5.41) is 13.1. The van der Waals surface area contributed by atoms with E-state index >= 15 is 0 Å². The van der Waals surface area contributed by atoms with E-state index in [0.717, 1.165) is 0 Å². The van der Waals surface area contributed by atoms with Crippen molar-refractivity contribution >= 4 is 5.91 Å². The van der Waals surface area contributed by atoms with Gasteiger partial charge >= 0.3 is 0 Å². The van der Waals surface area contributed by atoms with Crippen molar-refractivity contribution in [3.05, 3.63) is 6.33 Å². The molecule has 0 radical (unpaired) electrons. The molecule has 0 aliphatic carbocycles. The number of hydrogen-bond acceptors (Lipinski definition) is 5. The van der Waals surface area contributed by atoms with E-state index in [0.29, 0.717) is 6.54 Å². The van der Waals surface area contributed by atoms with Crippen LogP contribution in [0.4, 0.5) is 0 Å². The minimum Gasteiger partial charge on any atom is -0.353 e. The van der Waals surface area contributed by atoms with Crippen molar-refractivity contribution in [3.63, 3.8) is 0 Å². The normalized spacial score (nSPS) is 11.4. The molecule has 3 N–H and O–H groups in total. The van der Waals surface area contributed by atoms with Gasteiger partial charge in [0.15, 0.2) is 0 Å². The van der Waals surface area contributed by atoms with Gasteiger partial charge in [0.2, 0.25) is 5.91 Å². The Hall–Kier alpha value is -1.50. The topological polar surface area (TPSA) is 98.7 Å². The van der Waals surface area contributed by atoms with E-state index < -0.39 is 5.54 Å². The van der Waals surface area contributed by atoms with Crippen LogP contribution in [0.2, 0.25) is 0 Å². The van der Waals surface area contributed by atoms with Crippen molar-refractivity contribution in [3.8, 4) is 0 Å². The fourth-order valence-corrected chi connectivity index (χ4v) is 0.782. The Morgan fingerprint density at radius 2 is 2.36 bits per heavy atom. The van der Waals surface area contributed by atoms with E-state index in [2.05, 4.69) is 20.8 Å². The smallest absolute Gasteiger partial charge is 0.241 e. The Kier molecular flexibility index (Phi) is 3.13. The van der Waals surface area contributed by atoms with Crippen LogP contribution in [-0.2, 0) is 11.3 Å². The molecule has 0 saturated carbocycles. The van der Waals surface area contributed by atoms with Gasteiger partial charge in [0.05, 0.1) is 0 Å². The van der Waals surface area contributed by atoms with Crippen molar-refractivity contribution in [1.82, 2.24) is 25.5 Å². The van der Waals surface area contributed by atoms with Crippen LogP contribution in [0.1, 0.15) is 13.8 Å². The first-order valence-corrected chi connectivity index (χ1v) is 4.24. The SMILES string of the molecule is CC(C)(N)CNC(=O)Cn1cnnn1. The van der Waals surface area contributed by atoms with Crippen LogP contribution in [0, 0.1) is 0 Å². The lowest BCUT2D eigenvalue weighted by Gasteiger charge is -2.18. The van der Waals surface area contributed by atoms with Crippen molar-refractivity contribution in [2.24, 2.45) is 5.73 Å². The van der Waals surface area contributed by atoms with E-state index in [1.54, 1.807) is 0 Å². The van der Waals surface area contributed by atoms with Crippen LogP contribution in [0.5, 0.6) is 0 Å². The summed E-state index contributed by atoms with van der Waals surface area (Å²) in [7, 11) is 0. The quantitative estimate of drug-likeness (QED) is 0.615. The molecule has 14 heavy (non-hydrogen) atoms. The third kappa shape index (κ3) is 3.94. The second kappa shape index (κ2) is 4.14. The lowest BCUT2D eigenvalue weighted by Crippen LogP contribution is -2.45. The Balaban J connectivity index is 2.30. The van der Waals surface area contributed by atoms with Crippen LogP contribution in [0.3, 0.4) is 0 Å². The minimum atomic E-state index is -0.406. The highest BCUT2D eigenvalue weighted by Gasteiger charge is 2.12. The predicted molar refractivity (Wildman–Crippen MR) is 49.1 cm³/mol. The Morgan fingerprint density at radius 3 is 2.86 bits per heavy atom. The molecule has 0 aliphatic rings. The van der Waals surface area contributed by atoms with Crippen molar-refractivity contribution < 1.29 is 4.79 Å². The molecule has 0 saturated heterocycles. The van der Waals surface area contributed by atoms with Gasteiger partial charge in [0.1, 0.15) is 12.9 Å². The van der Waals surface area contributed by atoms with Crippen molar-refractivity contribution in [2.75, 3.05) is 6.54 Å². The Labute approximate surface area is 81.7 Å². The molecule has 0 aliphatic heterocycles. The van der Waals surface area contributed by atoms with Crippen LogP contribution < -0.4 is 11.1 Å². The number of nitrogens with one attached hydrogen (secondary N) is 1. The lowest BCUT2D eigenvalue weighted by atomic mass is 10.1. The second-order valence-electron chi connectivity index (χ2n) is 3.77. The molecule has 0 fully saturated rings. The minimum absolute atomic E-state index is 0.114. The molecule has 1 aromatic rings. The first-order chi connectivity index (χ1) is 6.47. The molecule has 7 heteroatoms. The van der Waals surface area contributed by atoms with Crippen LogP contribution in [0.15, 0.2) is 6.33 Å². The highest BCUT2D eigenvalue weighted by Crippen LogP contribution is 1.92. The molecule has 7 nitrogen and oxygen atoms in total. The van der Waals surface area contributed by atoms with Gasteiger partial charge in [0.25, 0.3) is 0 Å². The summed E-state index contributed by atoms with van der Waals surface area (Å²) in [5.41, 5.74) is 5.29. The van der Waals surface area contributed by atoms with Gasteiger partial charge in [-0.2, -0.15) is 0 Å². The molecule has 0 aromatic carbocycles. The Bertz CT molecular complexity index is 288. The summed E-state index contributed by atoms with van der Waals surface area (Å²) in [6.45, 7) is 4.21. The average molecular weight is 198 g/mol. The summed E-state index contributed by atoms with van der Waals surface area (Å²) in [6, 6.07) is 0. The van der Waals surface area contributed by atoms with E-state index in [-0.39, 0.29) is 12.5 Å². The summed E-state index contributed by atoms with van der Waals surface area (Å²) in [4.78, 5) is 11.3. The zero-order chi connectivity index (χ0) is 10.6. The molecule has 0 spiro atoms. The number of tetrazole rings is 1. The van der Waals surface area contributed by atoms with Gasteiger partial charge in [0, 0.05) is 12.1 Å². The molecule has 78 valence electrons. The molecule has 0 unspecified atom stereocenters. The summed E-state index contributed by atoms with van der Waals surface area (Å²) in [6.07, 6.45) is 1.38. The zero-order valence-corrected chi connectivity index (χ0v) is 8.27. The lowest BCUT2D eigenvalue weighted by molar-refractivity contribution is -0.122. The first kappa shape index (κ1) is 10.6. The maximum Gasteiger partial charge on any atom is 0.241 e. The number of carbonyl (C=O) groups excluding carboxylic acids is 1. The average Bonchev–Trinajstić information content (AvgIpc) is 2.52. The van der Waals surface area contributed by atoms with E-state index in [1.165, 1.54) is 11.0 Å². The first-order valence-electron chi connectivity index (χ1n) is 4.24. The number of carbonyl (C=O) groups is 1. The maximum atomic E-state index is 11.3. The summed E-state index contributed by atoms with van der Waals surface area (Å²) >= 11 is 0. The Morgan fingerprint density at radius 1 is 1.64 bits per heavy atom. The molecular formula is C7H14N6O. The van der Waals surface area contributed by atoms with Crippen LogP contribution in [0.25, 0.3) is 0 Å². The van der Waals surface area contributed by atoms with Gasteiger partial charge in [-0.15, -0.1) is 5.10 Å². The highest BCUT2D eigenvalue weighted by atomic mass is 16.2. The summed E-state index contributed by atoms with van der Waals surface area (Å²) in [5.74, 6) is -0.157. The monoisotopic (exact) mass is 198 g/mol. The number of hydrogen-bond donors (Lipinski definition) is 2. The molecule has 1 rings (SSSR count). The van der Waals surface area contributed by atoms with Crippen molar-refractivity contribution in [2.45, 2.75) is 25.9 Å². The third-order valence-corrected chi connectivity index (χ3v) is 1.44. The highest BCUT2D eigenvalue weighted by molar-refractivity contribution is 5.75. The molecule has 1 amide bonds. The van der Waals surface area contributed by atoms with Gasteiger partial charge in [-0.1, -0.05) is 0 Å². The van der Waals surface area contributed by atoms with Gasteiger partial charge in [-0.25, -0.2) is 4.68 Å².